The minimum absolute atomic E-state index is 0.0640. The predicted octanol–water partition coefficient (Wildman–Crippen LogP) is 3.76. The average Bonchev–Trinajstić information content (AvgIpc) is 2.66. The second kappa shape index (κ2) is 7.19. The number of hydrogen-bond acceptors (Lipinski definition) is 4. The van der Waals surface area contributed by atoms with Crippen molar-refractivity contribution in [1.82, 2.24) is 10.3 Å². The number of benzene rings is 2. The zero-order valence-corrected chi connectivity index (χ0v) is 15.1. The van der Waals surface area contributed by atoms with Gasteiger partial charge in [-0.3, -0.25) is 9.59 Å². The van der Waals surface area contributed by atoms with Gasteiger partial charge in [-0.05, 0) is 43.3 Å². The van der Waals surface area contributed by atoms with Gasteiger partial charge in [0, 0.05) is 29.8 Å². The summed E-state index contributed by atoms with van der Waals surface area (Å²) in [7, 11) is 0. The van der Waals surface area contributed by atoms with Gasteiger partial charge in [0.15, 0.2) is 0 Å². The van der Waals surface area contributed by atoms with Gasteiger partial charge in [0.1, 0.15) is 11.5 Å². The van der Waals surface area contributed by atoms with Gasteiger partial charge in [0.25, 0.3) is 5.91 Å². The molecule has 1 aromatic heterocycles. The van der Waals surface area contributed by atoms with Crippen molar-refractivity contribution in [3.05, 3.63) is 60.2 Å². The molecule has 2 aromatic carbocycles. The molecule has 0 radical (unpaired) electrons. The van der Waals surface area contributed by atoms with E-state index in [2.05, 4.69) is 5.32 Å². The molecule has 1 fully saturated rings. The zero-order valence-electron chi connectivity index (χ0n) is 15.1. The molecule has 0 atom stereocenters. The molecule has 5 heteroatoms. The van der Waals surface area contributed by atoms with Gasteiger partial charge < -0.3 is 10.1 Å². The molecule has 5 nitrogen and oxygen atoms in total. The first-order chi connectivity index (χ1) is 13.1. The highest BCUT2D eigenvalue weighted by Crippen LogP contribution is 2.27. The highest BCUT2D eigenvalue weighted by atomic mass is 16.5. The predicted molar refractivity (Wildman–Crippen MR) is 104 cm³/mol. The standard InChI is InChI=1S/C22H20N2O3/c1-2-27-17-9-7-14(8-10-17)21-13-19(18-5-3-4-6-20(18)24-21)22(26)23-15-11-16(25)12-15/h3-10,13,15H,2,11-12H2,1H3,(H,23,26). The second-order valence-electron chi connectivity index (χ2n) is 6.65. The first-order valence-electron chi connectivity index (χ1n) is 9.09. The molecule has 0 spiro atoms. The summed E-state index contributed by atoms with van der Waals surface area (Å²) in [5.41, 5.74) is 2.98. The van der Waals surface area contributed by atoms with Crippen molar-refractivity contribution in [3.63, 3.8) is 0 Å². The number of hydrogen-bond donors (Lipinski definition) is 1. The summed E-state index contributed by atoms with van der Waals surface area (Å²) in [5, 5.41) is 3.75. The van der Waals surface area contributed by atoms with Gasteiger partial charge in [0.2, 0.25) is 0 Å². The molecule has 4 rings (SSSR count). The lowest BCUT2D eigenvalue weighted by Crippen LogP contribution is -2.44. The fraction of sp³-hybridized carbons (Fsp3) is 0.227. The van der Waals surface area contributed by atoms with Gasteiger partial charge in [-0.15, -0.1) is 0 Å². The van der Waals surface area contributed by atoms with Crippen molar-refractivity contribution in [3.8, 4) is 17.0 Å². The van der Waals surface area contributed by atoms with E-state index in [4.69, 9.17) is 9.72 Å². The molecule has 27 heavy (non-hydrogen) atoms. The van der Waals surface area contributed by atoms with Crippen molar-refractivity contribution in [2.75, 3.05) is 6.61 Å². The van der Waals surface area contributed by atoms with Gasteiger partial charge in [-0.25, -0.2) is 4.98 Å². The van der Waals surface area contributed by atoms with E-state index in [-0.39, 0.29) is 17.7 Å². The number of carbonyl (C=O) groups excluding carboxylic acids is 2. The highest BCUT2D eigenvalue weighted by molar-refractivity contribution is 6.07. The Bertz CT molecular complexity index is 1000. The molecule has 1 aliphatic carbocycles. The number of pyridine rings is 1. The number of Topliss-reactive ketones (excluding diaryl/α,β-unsaturated/α-hetero) is 1. The van der Waals surface area contributed by atoms with Gasteiger partial charge in [-0.2, -0.15) is 0 Å². The summed E-state index contributed by atoms with van der Waals surface area (Å²) in [4.78, 5) is 28.7. The minimum atomic E-state index is -0.168. The minimum Gasteiger partial charge on any atom is -0.494 e. The van der Waals surface area contributed by atoms with E-state index in [0.717, 1.165) is 27.9 Å². The van der Waals surface area contributed by atoms with Crippen LogP contribution in [0.5, 0.6) is 5.75 Å². The number of carbonyl (C=O) groups is 2. The number of rotatable bonds is 5. The fourth-order valence-electron chi connectivity index (χ4n) is 3.25. The van der Waals surface area contributed by atoms with E-state index in [1.807, 2.05) is 61.5 Å². The maximum Gasteiger partial charge on any atom is 0.252 e. The quantitative estimate of drug-likeness (QED) is 0.752. The molecule has 0 bridgehead atoms. The van der Waals surface area contributed by atoms with E-state index < -0.39 is 0 Å². The summed E-state index contributed by atoms with van der Waals surface area (Å²) in [6, 6.07) is 17.0. The number of aromatic nitrogens is 1. The lowest BCUT2D eigenvalue weighted by atomic mass is 9.91. The number of ketones is 1. The van der Waals surface area contributed by atoms with Crippen LogP contribution < -0.4 is 10.1 Å². The third-order valence-corrected chi connectivity index (χ3v) is 4.71. The Balaban J connectivity index is 1.71. The number of nitrogens with one attached hydrogen (secondary N) is 1. The van der Waals surface area contributed by atoms with Crippen LogP contribution >= 0.6 is 0 Å². The topological polar surface area (TPSA) is 68.3 Å². The van der Waals surface area contributed by atoms with Crippen molar-refractivity contribution < 1.29 is 14.3 Å². The third-order valence-electron chi connectivity index (χ3n) is 4.71. The lowest BCUT2D eigenvalue weighted by molar-refractivity contribution is -0.124. The molecular formula is C22H20N2O3. The largest absolute Gasteiger partial charge is 0.494 e. The SMILES string of the molecule is CCOc1ccc(-c2cc(C(=O)NC3CC(=O)C3)c3ccccc3n2)cc1. The zero-order chi connectivity index (χ0) is 18.8. The van der Waals surface area contributed by atoms with Crippen molar-refractivity contribution in [1.29, 1.82) is 0 Å². The summed E-state index contributed by atoms with van der Waals surface area (Å²) in [6.45, 7) is 2.56. The highest BCUT2D eigenvalue weighted by Gasteiger charge is 2.28. The Morgan fingerprint density at radius 2 is 1.89 bits per heavy atom. The maximum absolute atomic E-state index is 12.8. The summed E-state index contributed by atoms with van der Waals surface area (Å²) >= 11 is 0. The Morgan fingerprint density at radius 1 is 1.15 bits per heavy atom. The maximum atomic E-state index is 12.8. The molecular weight excluding hydrogens is 340 g/mol. The van der Waals surface area contributed by atoms with E-state index >= 15 is 0 Å². The first-order valence-corrected chi connectivity index (χ1v) is 9.09. The summed E-state index contributed by atoms with van der Waals surface area (Å²) < 4.78 is 5.49. The van der Waals surface area contributed by atoms with Crippen LogP contribution in [0.4, 0.5) is 0 Å². The number of fused-ring (bicyclic) bond motifs is 1. The molecule has 0 aliphatic heterocycles. The second-order valence-corrected chi connectivity index (χ2v) is 6.65. The van der Waals surface area contributed by atoms with Gasteiger partial charge >= 0.3 is 0 Å². The Kier molecular flexibility index (Phi) is 4.59. The average molecular weight is 360 g/mol. The monoisotopic (exact) mass is 360 g/mol. The van der Waals surface area contributed by atoms with Crippen molar-refractivity contribution >= 4 is 22.6 Å². The van der Waals surface area contributed by atoms with Crippen LogP contribution in [-0.2, 0) is 4.79 Å². The van der Waals surface area contributed by atoms with Gasteiger partial charge in [0.05, 0.1) is 23.4 Å². The number of amides is 1. The normalized spacial score (nSPS) is 14.0. The number of ether oxygens (including phenoxy) is 1. The van der Waals surface area contributed by atoms with Crippen LogP contribution in [-0.4, -0.2) is 29.3 Å². The van der Waals surface area contributed by atoms with Crippen LogP contribution in [0.15, 0.2) is 54.6 Å². The van der Waals surface area contributed by atoms with E-state index in [0.29, 0.717) is 25.0 Å². The molecule has 1 aliphatic rings. The fourth-order valence-corrected chi connectivity index (χ4v) is 3.25. The molecule has 1 N–H and O–H groups in total. The summed E-state index contributed by atoms with van der Waals surface area (Å²) in [5.74, 6) is 0.822. The Morgan fingerprint density at radius 3 is 2.59 bits per heavy atom. The molecule has 0 saturated heterocycles. The van der Waals surface area contributed by atoms with Crippen LogP contribution in [0.2, 0.25) is 0 Å². The first kappa shape index (κ1) is 17.2. The summed E-state index contributed by atoms with van der Waals surface area (Å²) in [6.07, 6.45) is 0.834. The van der Waals surface area contributed by atoms with E-state index in [1.54, 1.807) is 0 Å². The van der Waals surface area contributed by atoms with Crippen molar-refractivity contribution in [2.45, 2.75) is 25.8 Å². The lowest BCUT2D eigenvalue weighted by Gasteiger charge is -2.25. The smallest absolute Gasteiger partial charge is 0.252 e. The van der Waals surface area contributed by atoms with Gasteiger partial charge in [-0.1, -0.05) is 18.2 Å². The number of para-hydroxylation sites is 1. The van der Waals surface area contributed by atoms with Crippen LogP contribution in [0.3, 0.4) is 0 Å². The van der Waals surface area contributed by atoms with Crippen LogP contribution in [0.1, 0.15) is 30.1 Å². The molecule has 136 valence electrons. The van der Waals surface area contributed by atoms with Crippen molar-refractivity contribution in [2.24, 2.45) is 0 Å². The molecule has 1 amide bonds. The molecule has 3 aromatic rings. The third kappa shape index (κ3) is 3.53. The molecule has 0 unspecified atom stereocenters. The van der Waals surface area contributed by atoms with E-state index in [9.17, 15) is 9.59 Å². The van der Waals surface area contributed by atoms with E-state index in [1.165, 1.54) is 0 Å². The number of nitrogens with zero attached hydrogens (tertiary/aromatic N) is 1. The van der Waals surface area contributed by atoms with Crippen LogP contribution in [0.25, 0.3) is 22.2 Å². The molecule has 1 saturated carbocycles. The van der Waals surface area contributed by atoms with Crippen LogP contribution in [0, 0.1) is 0 Å². The molecule has 1 heterocycles. The Labute approximate surface area is 157 Å². The Hall–Kier alpha value is -3.21.